The number of halogens is 1. The van der Waals surface area contributed by atoms with Crippen LogP contribution >= 0.6 is 0 Å². The second kappa shape index (κ2) is 5.25. The molecule has 0 saturated carbocycles. The fourth-order valence-corrected chi connectivity index (χ4v) is 1.14. The maximum absolute atomic E-state index is 12.8. The van der Waals surface area contributed by atoms with Gasteiger partial charge >= 0.3 is 11.9 Å². The normalized spacial score (nSPS) is 9.69. The average molecular weight is 225 g/mol. The van der Waals surface area contributed by atoms with E-state index in [1.165, 1.54) is 18.2 Å². The zero-order chi connectivity index (χ0) is 12.1. The van der Waals surface area contributed by atoms with Crippen molar-refractivity contribution in [1.29, 1.82) is 0 Å². The van der Waals surface area contributed by atoms with E-state index in [0.717, 1.165) is 0 Å². The van der Waals surface area contributed by atoms with Gasteiger partial charge in [0.15, 0.2) is 0 Å². The van der Waals surface area contributed by atoms with Gasteiger partial charge in [-0.15, -0.1) is 0 Å². The Hall–Kier alpha value is -1.91. The van der Waals surface area contributed by atoms with Crippen molar-refractivity contribution in [3.8, 4) is 0 Å². The highest BCUT2D eigenvalue weighted by molar-refractivity contribution is 6.37. The molecule has 0 heterocycles. The molecule has 0 atom stereocenters. The number of ether oxygens (including phenoxy) is 1. The maximum Gasteiger partial charge on any atom is 0.397 e. The number of nitrogens with one attached hydrogen (secondary N) is 1. The molecule has 0 saturated heterocycles. The van der Waals surface area contributed by atoms with Gasteiger partial charge in [0.05, 0.1) is 6.61 Å². The second-order valence-corrected chi connectivity index (χ2v) is 3.13. The number of carbonyl (C=O) groups is 2. The first-order valence-electron chi connectivity index (χ1n) is 4.79. The first-order chi connectivity index (χ1) is 7.54. The summed E-state index contributed by atoms with van der Waals surface area (Å²) in [7, 11) is 0. The highest BCUT2D eigenvalue weighted by Gasteiger charge is 2.15. The van der Waals surface area contributed by atoms with Gasteiger partial charge in [0, 0.05) is 5.69 Å². The van der Waals surface area contributed by atoms with Crippen molar-refractivity contribution in [2.24, 2.45) is 0 Å². The molecule has 1 aromatic carbocycles. The van der Waals surface area contributed by atoms with E-state index in [-0.39, 0.29) is 6.61 Å². The summed E-state index contributed by atoms with van der Waals surface area (Å²) in [5.41, 5.74) is 0.928. The topological polar surface area (TPSA) is 55.4 Å². The number of hydrogen-bond acceptors (Lipinski definition) is 3. The van der Waals surface area contributed by atoms with Gasteiger partial charge in [0.25, 0.3) is 0 Å². The number of amides is 1. The Morgan fingerprint density at radius 3 is 2.69 bits per heavy atom. The monoisotopic (exact) mass is 225 g/mol. The van der Waals surface area contributed by atoms with Crippen LogP contribution in [0.25, 0.3) is 0 Å². The number of carbonyl (C=O) groups excluding carboxylic acids is 2. The molecule has 1 amide bonds. The third-order valence-electron chi connectivity index (χ3n) is 1.90. The molecule has 5 heteroatoms. The van der Waals surface area contributed by atoms with Gasteiger partial charge in [-0.25, -0.2) is 9.18 Å². The van der Waals surface area contributed by atoms with Crippen LogP contribution in [-0.2, 0) is 14.3 Å². The Kier molecular flexibility index (Phi) is 3.99. The third kappa shape index (κ3) is 3.05. The average Bonchev–Trinajstić information content (AvgIpc) is 2.22. The van der Waals surface area contributed by atoms with Gasteiger partial charge in [-0.3, -0.25) is 4.79 Å². The summed E-state index contributed by atoms with van der Waals surface area (Å²) in [6.45, 7) is 3.37. The fourth-order valence-electron chi connectivity index (χ4n) is 1.14. The summed E-state index contributed by atoms with van der Waals surface area (Å²) < 4.78 is 17.3. The number of benzene rings is 1. The van der Waals surface area contributed by atoms with E-state index in [0.29, 0.717) is 11.3 Å². The number of rotatable bonds is 2. The summed E-state index contributed by atoms with van der Waals surface area (Å²) in [5.74, 6) is -2.21. The molecule has 0 spiro atoms. The highest BCUT2D eigenvalue weighted by Crippen LogP contribution is 2.15. The highest BCUT2D eigenvalue weighted by atomic mass is 19.1. The van der Waals surface area contributed by atoms with E-state index in [4.69, 9.17) is 0 Å². The van der Waals surface area contributed by atoms with Crippen molar-refractivity contribution in [2.45, 2.75) is 13.8 Å². The van der Waals surface area contributed by atoms with Crippen molar-refractivity contribution >= 4 is 17.6 Å². The number of anilines is 1. The van der Waals surface area contributed by atoms with Gasteiger partial charge in [-0.2, -0.15) is 0 Å². The molecule has 1 rings (SSSR count). The van der Waals surface area contributed by atoms with Crippen LogP contribution in [0, 0.1) is 12.7 Å². The summed E-state index contributed by atoms with van der Waals surface area (Å²) >= 11 is 0. The Morgan fingerprint density at radius 2 is 2.12 bits per heavy atom. The lowest BCUT2D eigenvalue weighted by atomic mass is 10.2. The SMILES string of the molecule is CCOC(=O)C(=O)Nc1ccc(F)cc1C. The quantitative estimate of drug-likeness (QED) is 0.614. The molecule has 4 nitrogen and oxygen atoms in total. The van der Waals surface area contributed by atoms with Gasteiger partial charge < -0.3 is 10.1 Å². The molecule has 0 aliphatic rings. The Labute approximate surface area is 92.4 Å². The van der Waals surface area contributed by atoms with Crippen LogP contribution in [0.15, 0.2) is 18.2 Å². The first-order valence-corrected chi connectivity index (χ1v) is 4.79. The van der Waals surface area contributed by atoms with Crippen molar-refractivity contribution in [3.05, 3.63) is 29.6 Å². The summed E-state index contributed by atoms with van der Waals surface area (Å²) in [5, 5.41) is 2.34. The van der Waals surface area contributed by atoms with E-state index in [9.17, 15) is 14.0 Å². The maximum atomic E-state index is 12.8. The number of esters is 1. The fraction of sp³-hybridized carbons (Fsp3) is 0.273. The van der Waals surface area contributed by atoms with E-state index >= 15 is 0 Å². The van der Waals surface area contributed by atoms with E-state index in [1.807, 2.05) is 0 Å². The minimum Gasteiger partial charge on any atom is -0.459 e. The molecule has 0 radical (unpaired) electrons. The number of hydrogen-bond donors (Lipinski definition) is 1. The van der Waals surface area contributed by atoms with E-state index < -0.39 is 17.7 Å². The lowest BCUT2D eigenvalue weighted by Gasteiger charge is -2.07. The predicted molar refractivity (Wildman–Crippen MR) is 56.4 cm³/mol. The van der Waals surface area contributed by atoms with Crippen LogP contribution in [0.3, 0.4) is 0 Å². The molecule has 86 valence electrons. The van der Waals surface area contributed by atoms with Crippen LogP contribution in [0.2, 0.25) is 0 Å². The standard InChI is InChI=1S/C11H12FNO3/c1-3-16-11(15)10(14)13-9-5-4-8(12)6-7(9)2/h4-6H,3H2,1-2H3,(H,13,14). The number of aryl methyl sites for hydroxylation is 1. The third-order valence-corrected chi connectivity index (χ3v) is 1.90. The summed E-state index contributed by atoms with van der Waals surface area (Å²) in [6.07, 6.45) is 0. The molecule has 0 bridgehead atoms. The minimum absolute atomic E-state index is 0.134. The zero-order valence-electron chi connectivity index (χ0n) is 9.04. The van der Waals surface area contributed by atoms with E-state index in [1.54, 1.807) is 13.8 Å². The molecule has 16 heavy (non-hydrogen) atoms. The smallest absolute Gasteiger partial charge is 0.397 e. The van der Waals surface area contributed by atoms with Crippen LogP contribution in [0.4, 0.5) is 10.1 Å². The molecule has 1 aromatic rings. The Morgan fingerprint density at radius 1 is 1.44 bits per heavy atom. The van der Waals surface area contributed by atoms with Gasteiger partial charge in [0.1, 0.15) is 5.82 Å². The van der Waals surface area contributed by atoms with Crippen LogP contribution in [0.1, 0.15) is 12.5 Å². The summed E-state index contributed by atoms with van der Waals surface area (Å²) in [4.78, 5) is 22.3. The molecular formula is C11H12FNO3. The minimum atomic E-state index is -0.953. The van der Waals surface area contributed by atoms with Gasteiger partial charge in [-0.1, -0.05) is 0 Å². The first kappa shape index (κ1) is 12.2. The molecule has 0 unspecified atom stereocenters. The Bertz CT molecular complexity index is 418. The predicted octanol–water partition coefficient (Wildman–Crippen LogP) is 1.64. The van der Waals surface area contributed by atoms with E-state index in [2.05, 4.69) is 10.1 Å². The lowest BCUT2D eigenvalue weighted by molar-refractivity contribution is -0.152. The molecule has 0 fully saturated rings. The zero-order valence-corrected chi connectivity index (χ0v) is 9.04. The lowest BCUT2D eigenvalue weighted by Crippen LogP contribution is -2.25. The van der Waals surface area contributed by atoms with Crippen molar-refractivity contribution < 1.29 is 18.7 Å². The van der Waals surface area contributed by atoms with Crippen molar-refractivity contribution in [3.63, 3.8) is 0 Å². The van der Waals surface area contributed by atoms with Crippen LogP contribution in [0.5, 0.6) is 0 Å². The molecule has 0 aromatic heterocycles. The van der Waals surface area contributed by atoms with Crippen molar-refractivity contribution in [2.75, 3.05) is 11.9 Å². The molecule has 1 N–H and O–H groups in total. The van der Waals surface area contributed by atoms with Gasteiger partial charge in [-0.05, 0) is 37.6 Å². The molecule has 0 aliphatic heterocycles. The summed E-state index contributed by atoms with van der Waals surface area (Å²) in [6, 6.07) is 3.86. The van der Waals surface area contributed by atoms with Crippen LogP contribution in [-0.4, -0.2) is 18.5 Å². The van der Waals surface area contributed by atoms with Crippen molar-refractivity contribution in [1.82, 2.24) is 0 Å². The second-order valence-electron chi connectivity index (χ2n) is 3.13. The van der Waals surface area contributed by atoms with Gasteiger partial charge in [0.2, 0.25) is 0 Å². The van der Waals surface area contributed by atoms with Crippen LogP contribution < -0.4 is 5.32 Å². The Balaban J connectivity index is 2.73. The molecular weight excluding hydrogens is 213 g/mol. The largest absolute Gasteiger partial charge is 0.459 e. The molecule has 0 aliphatic carbocycles.